The largest absolute Gasteiger partial charge is 0.488 e. The Labute approximate surface area is 190 Å². The normalized spacial score (nSPS) is 21.2. The Kier molecular flexibility index (Phi) is 5.53. The number of rotatable bonds is 8. The van der Waals surface area contributed by atoms with Crippen molar-refractivity contribution >= 4 is 17.2 Å². The quantitative estimate of drug-likeness (QED) is 0.486. The van der Waals surface area contributed by atoms with E-state index in [1.807, 2.05) is 24.3 Å². The van der Waals surface area contributed by atoms with Crippen LogP contribution in [0.15, 0.2) is 30.6 Å². The molecule has 0 radical (unpaired) electrons. The van der Waals surface area contributed by atoms with Crippen molar-refractivity contribution < 1.29 is 10.1 Å². The SMILES string of the molecule is CC(CC1CC1)N1CCN(c2cc(C(=[NH2+])c3cc(OC4(C)CC4)ccc3N)ncn2)CC1. The van der Waals surface area contributed by atoms with Crippen LogP contribution < -0.4 is 20.8 Å². The first kappa shape index (κ1) is 21.2. The van der Waals surface area contributed by atoms with Gasteiger partial charge in [0.25, 0.3) is 0 Å². The van der Waals surface area contributed by atoms with E-state index in [-0.39, 0.29) is 5.60 Å². The Bertz CT molecular complexity index is 992. The van der Waals surface area contributed by atoms with Gasteiger partial charge in [-0.3, -0.25) is 10.3 Å². The maximum absolute atomic E-state index is 6.54. The third-order valence-electron chi connectivity index (χ3n) is 7.19. The van der Waals surface area contributed by atoms with Crippen molar-refractivity contribution in [1.29, 1.82) is 0 Å². The highest BCUT2D eigenvalue weighted by molar-refractivity contribution is 6.11. The highest BCUT2D eigenvalue weighted by Crippen LogP contribution is 2.40. The van der Waals surface area contributed by atoms with Crippen LogP contribution in [0.5, 0.6) is 5.75 Å². The van der Waals surface area contributed by atoms with Crippen molar-refractivity contribution in [2.75, 3.05) is 36.8 Å². The van der Waals surface area contributed by atoms with Crippen molar-refractivity contribution in [3.8, 4) is 5.75 Å². The van der Waals surface area contributed by atoms with Gasteiger partial charge in [0.1, 0.15) is 29.2 Å². The minimum atomic E-state index is -0.0530. The smallest absolute Gasteiger partial charge is 0.232 e. The van der Waals surface area contributed by atoms with Gasteiger partial charge in [-0.15, -0.1) is 0 Å². The van der Waals surface area contributed by atoms with E-state index in [1.165, 1.54) is 19.3 Å². The van der Waals surface area contributed by atoms with E-state index in [0.29, 0.717) is 23.1 Å². The number of anilines is 2. The summed E-state index contributed by atoms with van der Waals surface area (Å²) in [5, 5.41) is 6.54. The van der Waals surface area contributed by atoms with Crippen LogP contribution >= 0.6 is 0 Å². The molecule has 3 fully saturated rings. The number of nitrogen functional groups attached to an aromatic ring is 1. The minimum absolute atomic E-state index is 0.0530. The Hall–Kier alpha value is -2.67. The average Bonchev–Trinajstić information content (AvgIpc) is 3.74. The van der Waals surface area contributed by atoms with Crippen LogP contribution in [0.2, 0.25) is 0 Å². The molecule has 2 saturated carbocycles. The van der Waals surface area contributed by atoms with Crippen LogP contribution in [-0.2, 0) is 0 Å². The molecule has 32 heavy (non-hydrogen) atoms. The number of hydrogen-bond donors (Lipinski definition) is 2. The summed E-state index contributed by atoms with van der Waals surface area (Å²) in [7, 11) is 0. The van der Waals surface area contributed by atoms with Crippen molar-refractivity contribution in [1.82, 2.24) is 14.9 Å². The van der Waals surface area contributed by atoms with Crippen LogP contribution in [0.4, 0.5) is 11.5 Å². The molecule has 2 aliphatic carbocycles. The molecule has 5 rings (SSSR count). The van der Waals surface area contributed by atoms with Crippen LogP contribution in [-0.4, -0.2) is 58.4 Å². The Morgan fingerprint density at radius 3 is 2.62 bits per heavy atom. The lowest BCUT2D eigenvalue weighted by Crippen LogP contribution is -2.50. The first-order valence-corrected chi connectivity index (χ1v) is 11.9. The van der Waals surface area contributed by atoms with Gasteiger partial charge in [-0.2, -0.15) is 0 Å². The standard InChI is InChI=1S/C25H34N6O/c1-17(13-18-3-4-18)30-9-11-31(12-10-30)23-15-22(28-16-29-23)24(27)20-14-19(5-6-21(20)26)32-25(2)7-8-25/h5-6,14-18,27H,3-4,7-13,26H2,1-2H3/p+1. The van der Waals surface area contributed by atoms with E-state index in [1.54, 1.807) is 6.33 Å². The van der Waals surface area contributed by atoms with Gasteiger partial charge in [0.2, 0.25) is 5.71 Å². The fraction of sp³-hybridized carbons (Fsp3) is 0.560. The lowest BCUT2D eigenvalue weighted by Gasteiger charge is -2.38. The summed E-state index contributed by atoms with van der Waals surface area (Å²) in [6.45, 7) is 8.57. The fourth-order valence-corrected chi connectivity index (χ4v) is 4.58. The molecule has 1 atom stereocenters. The minimum Gasteiger partial charge on any atom is -0.488 e. The maximum Gasteiger partial charge on any atom is 0.232 e. The van der Waals surface area contributed by atoms with E-state index in [9.17, 15) is 0 Å². The topological polar surface area (TPSA) is 93.1 Å². The Balaban J connectivity index is 1.27. The van der Waals surface area contributed by atoms with Crippen molar-refractivity contribution in [3.63, 3.8) is 0 Å². The van der Waals surface area contributed by atoms with E-state index < -0.39 is 0 Å². The predicted octanol–water partition coefficient (Wildman–Crippen LogP) is 1.90. The van der Waals surface area contributed by atoms with Crippen LogP contribution in [0.1, 0.15) is 57.2 Å². The summed E-state index contributed by atoms with van der Waals surface area (Å²) in [5.74, 6) is 2.68. The van der Waals surface area contributed by atoms with Crippen molar-refractivity contribution in [2.45, 2.75) is 57.6 Å². The molecule has 2 aromatic rings. The lowest BCUT2D eigenvalue weighted by molar-refractivity contribution is -0.111. The number of nitrogens with two attached hydrogens (primary N) is 2. The average molecular weight is 436 g/mol. The highest BCUT2D eigenvalue weighted by atomic mass is 16.5. The number of benzene rings is 1. The van der Waals surface area contributed by atoms with Crippen LogP contribution in [0.3, 0.4) is 0 Å². The molecule has 1 aromatic heterocycles. The summed E-state index contributed by atoms with van der Waals surface area (Å²) in [6, 6.07) is 8.34. The van der Waals surface area contributed by atoms with Gasteiger partial charge in [-0.25, -0.2) is 9.97 Å². The number of piperazine rings is 1. The summed E-state index contributed by atoms with van der Waals surface area (Å²) in [5.41, 5.74) is 8.83. The fourth-order valence-electron chi connectivity index (χ4n) is 4.58. The molecule has 1 unspecified atom stereocenters. The molecule has 4 N–H and O–H groups in total. The second-order valence-electron chi connectivity index (χ2n) is 10.0. The predicted molar refractivity (Wildman–Crippen MR) is 127 cm³/mol. The highest BCUT2D eigenvalue weighted by Gasteiger charge is 2.40. The Morgan fingerprint density at radius 1 is 1.19 bits per heavy atom. The van der Waals surface area contributed by atoms with Crippen molar-refractivity contribution in [2.24, 2.45) is 5.92 Å². The molecule has 170 valence electrons. The molecule has 7 nitrogen and oxygen atoms in total. The second-order valence-corrected chi connectivity index (χ2v) is 10.0. The number of ether oxygens (including phenoxy) is 1. The molecule has 1 saturated heterocycles. The van der Waals surface area contributed by atoms with Gasteiger partial charge in [0.05, 0.1) is 5.56 Å². The molecule has 1 aromatic carbocycles. The number of nitrogens with zero attached hydrogens (tertiary/aromatic N) is 4. The third-order valence-corrected chi connectivity index (χ3v) is 7.19. The molecular formula is C25H35N6O+. The van der Waals surface area contributed by atoms with E-state index >= 15 is 0 Å². The molecule has 0 spiro atoms. The molecule has 7 heteroatoms. The zero-order valence-corrected chi connectivity index (χ0v) is 19.3. The first-order valence-electron chi connectivity index (χ1n) is 11.9. The van der Waals surface area contributed by atoms with Gasteiger partial charge in [-0.05, 0) is 57.2 Å². The van der Waals surface area contributed by atoms with Crippen LogP contribution in [0.25, 0.3) is 0 Å². The van der Waals surface area contributed by atoms with Gasteiger partial charge in [-0.1, -0.05) is 12.8 Å². The van der Waals surface area contributed by atoms with Gasteiger partial charge < -0.3 is 15.4 Å². The van der Waals surface area contributed by atoms with Gasteiger partial charge >= 0.3 is 0 Å². The summed E-state index contributed by atoms with van der Waals surface area (Å²) in [6.07, 6.45) is 7.94. The van der Waals surface area contributed by atoms with Crippen molar-refractivity contribution in [3.05, 3.63) is 41.9 Å². The van der Waals surface area contributed by atoms with Gasteiger partial charge in [0.15, 0.2) is 0 Å². The zero-order valence-electron chi connectivity index (χ0n) is 19.3. The third kappa shape index (κ3) is 4.72. The van der Waals surface area contributed by atoms with Crippen LogP contribution in [0, 0.1) is 5.92 Å². The molecule has 1 aliphatic heterocycles. The monoisotopic (exact) mass is 435 g/mol. The zero-order chi connectivity index (χ0) is 22.3. The lowest BCUT2D eigenvalue weighted by atomic mass is 10.0. The summed E-state index contributed by atoms with van der Waals surface area (Å²) >= 11 is 0. The maximum atomic E-state index is 6.54. The van der Waals surface area contributed by atoms with E-state index in [4.69, 9.17) is 15.9 Å². The first-order chi connectivity index (χ1) is 15.4. The number of aromatic nitrogens is 2. The molecule has 3 aliphatic rings. The molecule has 2 heterocycles. The summed E-state index contributed by atoms with van der Waals surface area (Å²) in [4.78, 5) is 13.9. The second kappa shape index (κ2) is 8.35. The number of hydrogen-bond acceptors (Lipinski definition) is 6. The molecular weight excluding hydrogens is 400 g/mol. The van der Waals surface area contributed by atoms with E-state index in [0.717, 1.165) is 62.1 Å². The molecule has 0 amide bonds. The van der Waals surface area contributed by atoms with E-state index in [2.05, 4.69) is 33.6 Å². The summed E-state index contributed by atoms with van der Waals surface area (Å²) < 4.78 is 6.10. The Morgan fingerprint density at radius 2 is 1.94 bits per heavy atom. The van der Waals surface area contributed by atoms with Gasteiger partial charge in [0, 0.05) is 44.0 Å². The molecule has 0 bridgehead atoms.